The number of imide groups is 1. The number of ether oxygens (including phenoxy) is 3. The van der Waals surface area contributed by atoms with Crippen molar-refractivity contribution in [1.82, 2.24) is 14.8 Å². The lowest BCUT2D eigenvalue weighted by atomic mass is 10.0. The summed E-state index contributed by atoms with van der Waals surface area (Å²) >= 11 is 19.8. The average Bonchev–Trinajstić information content (AvgIpc) is 3.85. The molecule has 0 radical (unpaired) electrons. The molecular formula is C59H47Br2ClN4O14S3. The Bertz CT molecular complexity index is 3640. The second kappa shape index (κ2) is 29.7. The molecule has 4 amide bonds. The number of aromatic hydroxyl groups is 1. The Kier molecular flexibility index (Phi) is 22.9. The van der Waals surface area contributed by atoms with Gasteiger partial charge in [0.05, 0.1) is 41.2 Å². The predicted molar refractivity (Wildman–Crippen MR) is 327 cm³/mol. The molecule has 2 saturated heterocycles. The number of allylic oxidation sites excluding steroid dienone is 1. The number of carbonyl (C=O) groups excluding carboxylic acids is 6. The number of pyridine rings is 1. The van der Waals surface area contributed by atoms with Crippen LogP contribution in [0.2, 0.25) is 5.02 Å². The predicted octanol–water partition coefficient (Wildman–Crippen LogP) is 12.1. The summed E-state index contributed by atoms with van der Waals surface area (Å²) in [6.07, 6.45) is 8.05. The number of anilines is 1. The minimum absolute atomic E-state index is 0. The van der Waals surface area contributed by atoms with Crippen LogP contribution in [0.25, 0.3) is 18.2 Å². The SMILES string of the molecule is C.COC(=O)C1=C(C)N(c2ccc(Br)cc2)C(=O)/C1=C\c1ccccc1O.O=C(O)COc1ccc(/C=C2\SC(=O)N(CC(=O)c3ccc(Cl)cc3)C2=O)cc1.O=C(O)COc1ccc(Br)cc1/C=C1\SC(=S)N(Cc2cccnc2)C1=O. The number of para-hydroxylation sites is 1. The first kappa shape index (κ1) is 64.0. The van der Waals surface area contributed by atoms with Crippen LogP contribution in [0.3, 0.4) is 0 Å². The third-order valence-corrected chi connectivity index (χ3v) is 15.1. The summed E-state index contributed by atoms with van der Waals surface area (Å²) in [4.78, 5) is 105. The molecule has 0 aliphatic carbocycles. The van der Waals surface area contributed by atoms with Crippen molar-refractivity contribution in [3.8, 4) is 17.2 Å². The molecule has 0 bridgehead atoms. The van der Waals surface area contributed by atoms with Gasteiger partial charge in [0, 0.05) is 54.4 Å². The van der Waals surface area contributed by atoms with Gasteiger partial charge in [-0.15, -0.1) is 0 Å². The number of halogens is 3. The van der Waals surface area contributed by atoms with Gasteiger partial charge in [0.15, 0.2) is 19.0 Å². The van der Waals surface area contributed by atoms with Crippen LogP contribution >= 0.6 is 79.2 Å². The van der Waals surface area contributed by atoms with Crippen molar-refractivity contribution in [2.24, 2.45) is 0 Å². The molecule has 4 heterocycles. The Hall–Kier alpha value is -8.19. The molecular weight excluding hydrogens is 1280 g/mol. The second-order valence-corrected chi connectivity index (χ2v) is 22.1. The number of aliphatic carboxylic acids is 2. The van der Waals surface area contributed by atoms with Crippen molar-refractivity contribution in [2.45, 2.75) is 20.9 Å². The van der Waals surface area contributed by atoms with E-state index in [0.717, 1.165) is 31.2 Å². The summed E-state index contributed by atoms with van der Waals surface area (Å²) in [5, 5.41) is 27.4. The summed E-state index contributed by atoms with van der Waals surface area (Å²) in [6, 6.07) is 35.2. The highest BCUT2D eigenvalue weighted by atomic mass is 79.9. The molecule has 6 aromatic rings. The van der Waals surface area contributed by atoms with Crippen LogP contribution in [0, 0.1) is 0 Å². The minimum Gasteiger partial charge on any atom is -0.507 e. The van der Waals surface area contributed by atoms with E-state index in [1.54, 1.807) is 116 Å². The molecule has 3 aliphatic heterocycles. The molecule has 18 nitrogen and oxygen atoms in total. The van der Waals surface area contributed by atoms with Gasteiger partial charge in [-0.05, 0) is 139 Å². The number of rotatable bonds is 16. The van der Waals surface area contributed by atoms with E-state index in [0.29, 0.717) is 65.9 Å². The number of phenolic OH excluding ortho intramolecular Hbond substituents is 1. The van der Waals surface area contributed by atoms with Gasteiger partial charge >= 0.3 is 17.9 Å². The highest BCUT2D eigenvalue weighted by molar-refractivity contribution is 9.10. The van der Waals surface area contributed by atoms with Crippen molar-refractivity contribution in [3.63, 3.8) is 0 Å². The number of hydrogen-bond donors (Lipinski definition) is 3. The van der Waals surface area contributed by atoms with Crippen molar-refractivity contribution >= 4 is 154 Å². The maximum Gasteiger partial charge on any atom is 0.341 e. The number of aromatic nitrogens is 1. The molecule has 0 atom stereocenters. The van der Waals surface area contributed by atoms with E-state index in [-0.39, 0.29) is 53.4 Å². The van der Waals surface area contributed by atoms with Gasteiger partial charge in [-0.3, -0.25) is 43.7 Å². The van der Waals surface area contributed by atoms with E-state index >= 15 is 0 Å². The second-order valence-electron chi connectivity index (χ2n) is 17.1. The molecule has 83 heavy (non-hydrogen) atoms. The summed E-state index contributed by atoms with van der Waals surface area (Å²) in [5.74, 6) is -3.48. The van der Waals surface area contributed by atoms with Gasteiger partial charge in [0.2, 0.25) is 0 Å². The first-order valence-electron chi connectivity index (χ1n) is 23.9. The fourth-order valence-electron chi connectivity index (χ4n) is 7.66. The monoisotopic (exact) mass is 1320 g/mol. The third kappa shape index (κ3) is 17.0. The van der Waals surface area contributed by atoms with Crippen LogP contribution in [-0.4, -0.2) is 108 Å². The molecule has 9 rings (SSSR count). The van der Waals surface area contributed by atoms with Gasteiger partial charge in [0.1, 0.15) is 21.6 Å². The lowest BCUT2D eigenvalue weighted by Crippen LogP contribution is -2.33. The number of amides is 4. The van der Waals surface area contributed by atoms with Gasteiger partial charge in [-0.1, -0.05) is 111 Å². The molecule has 0 spiro atoms. The van der Waals surface area contributed by atoms with Crippen molar-refractivity contribution in [2.75, 3.05) is 31.8 Å². The van der Waals surface area contributed by atoms with E-state index in [1.807, 2.05) is 18.2 Å². The minimum atomic E-state index is -1.09. The molecule has 426 valence electrons. The zero-order chi connectivity index (χ0) is 59.2. The summed E-state index contributed by atoms with van der Waals surface area (Å²) in [6.45, 7) is 0.754. The standard InChI is InChI=1S/C20H16BrNO4.C20H14ClNO6S.C18H13BrN2O4S2.CH4/c1-12-18(20(25)26-2)16(11-13-5-3-4-6-17(13)23)19(24)22(12)15-9-7-14(21)8-10-15;21-14-5-3-13(4-6-14)16(23)10-22-19(26)17(29-20(22)27)9-12-1-7-15(8-2-12)28-11-18(24)25;19-13-3-4-14(25-10-16(22)23)12(6-13)7-15-17(24)21(18(26)27-15)9-11-2-1-5-20-8-11;/h3-11,23H,1-2H3;1-9H,10-11H2,(H,24,25);1-8H,9-10H2,(H,22,23);1H4/b16-11-;17-9-;15-7-;. The lowest BCUT2D eigenvalue weighted by molar-refractivity contribution is -0.140. The number of methoxy groups -OCH3 is 1. The number of hydrogen-bond acceptors (Lipinski definition) is 16. The molecule has 2 fully saturated rings. The number of carboxylic acid groups (broad SMARTS) is 2. The topological polar surface area (TPSA) is 248 Å². The molecule has 3 aliphatic rings. The number of nitrogens with zero attached hydrogens (tertiary/aromatic N) is 4. The van der Waals surface area contributed by atoms with E-state index in [1.165, 1.54) is 59.0 Å². The Balaban J connectivity index is 0.000000199. The number of thioether (sulfide) groups is 2. The van der Waals surface area contributed by atoms with Crippen molar-refractivity contribution < 1.29 is 67.9 Å². The summed E-state index contributed by atoms with van der Waals surface area (Å²) < 4.78 is 17.3. The molecule has 0 unspecified atom stereocenters. The molecule has 5 aromatic carbocycles. The van der Waals surface area contributed by atoms with Crippen LogP contribution in [0.1, 0.15) is 47.0 Å². The van der Waals surface area contributed by atoms with Gasteiger partial charge < -0.3 is 29.5 Å². The van der Waals surface area contributed by atoms with E-state index in [9.17, 15) is 43.5 Å². The Morgan fingerprint density at radius 1 is 0.723 bits per heavy atom. The lowest BCUT2D eigenvalue weighted by Gasteiger charge is -2.18. The maximum atomic E-state index is 13.1. The van der Waals surface area contributed by atoms with Gasteiger partial charge in [-0.25, -0.2) is 14.4 Å². The normalized spacial score (nSPS) is 15.2. The molecule has 3 N–H and O–H groups in total. The largest absolute Gasteiger partial charge is 0.507 e. The van der Waals surface area contributed by atoms with E-state index in [2.05, 4.69) is 36.8 Å². The van der Waals surface area contributed by atoms with Gasteiger partial charge in [-0.2, -0.15) is 0 Å². The number of esters is 1. The van der Waals surface area contributed by atoms with Gasteiger partial charge in [0.25, 0.3) is 23.0 Å². The average molecular weight is 1330 g/mol. The van der Waals surface area contributed by atoms with E-state index < -0.39 is 42.3 Å². The fraction of sp³-hybridized carbons (Fsp3) is 0.119. The number of thiocarbonyl (C=S) groups is 1. The first-order valence-corrected chi connectivity index (χ1v) is 27.9. The van der Waals surface area contributed by atoms with Crippen LogP contribution in [0.15, 0.2) is 175 Å². The number of Topliss-reactive ketones (excluding diaryl/α,β-unsaturated/α-hetero) is 1. The summed E-state index contributed by atoms with van der Waals surface area (Å²) in [5.41, 5.74) is 4.38. The van der Waals surface area contributed by atoms with Crippen LogP contribution in [0.4, 0.5) is 10.5 Å². The number of ketones is 1. The van der Waals surface area contributed by atoms with Crippen LogP contribution in [-0.2, 0) is 40.0 Å². The maximum absolute atomic E-state index is 13.1. The third-order valence-electron chi connectivity index (χ3n) is 11.5. The molecule has 1 aromatic heterocycles. The zero-order valence-corrected chi connectivity index (χ0v) is 49.2. The Morgan fingerprint density at radius 2 is 1.36 bits per heavy atom. The van der Waals surface area contributed by atoms with Crippen LogP contribution in [0.5, 0.6) is 17.2 Å². The first-order chi connectivity index (χ1) is 39.2. The summed E-state index contributed by atoms with van der Waals surface area (Å²) in [7, 11) is 1.27. The highest BCUT2D eigenvalue weighted by Crippen LogP contribution is 2.39. The number of phenols is 1. The van der Waals surface area contributed by atoms with Crippen molar-refractivity contribution in [3.05, 3.63) is 208 Å². The number of carbonyl (C=O) groups is 8. The van der Waals surface area contributed by atoms with Crippen molar-refractivity contribution in [1.29, 1.82) is 0 Å². The van der Waals surface area contributed by atoms with E-state index in [4.69, 9.17) is 48.2 Å². The fourth-order valence-corrected chi connectivity index (χ4v) is 10.5. The molecule has 24 heteroatoms. The Morgan fingerprint density at radius 3 is 2.00 bits per heavy atom. The smallest absolute Gasteiger partial charge is 0.341 e. The highest BCUT2D eigenvalue weighted by Gasteiger charge is 2.39. The number of benzene rings is 5. The zero-order valence-electron chi connectivity index (χ0n) is 42.8. The quantitative estimate of drug-likeness (QED) is 0.0353. The Labute approximate surface area is 511 Å². The number of carboxylic acids is 2. The molecule has 0 saturated carbocycles. The van der Waals surface area contributed by atoms with Crippen LogP contribution < -0.4 is 14.4 Å².